The summed E-state index contributed by atoms with van der Waals surface area (Å²) in [7, 11) is 0. The predicted molar refractivity (Wildman–Crippen MR) is 64.8 cm³/mol. The molecule has 0 unspecified atom stereocenters. The van der Waals surface area contributed by atoms with E-state index >= 15 is 0 Å². The summed E-state index contributed by atoms with van der Waals surface area (Å²) < 4.78 is 0. The summed E-state index contributed by atoms with van der Waals surface area (Å²) in [6.07, 6.45) is 0. The van der Waals surface area contributed by atoms with Crippen molar-refractivity contribution in [2.75, 3.05) is 0 Å². The molecular weight excluding hydrogens is 198 g/mol. The van der Waals surface area contributed by atoms with Crippen LogP contribution in [0.1, 0.15) is 6.92 Å². The van der Waals surface area contributed by atoms with Gasteiger partial charge in [0.1, 0.15) is 5.75 Å². The molecule has 2 heteroatoms. The molecule has 2 nitrogen and oxygen atoms in total. The van der Waals surface area contributed by atoms with Gasteiger partial charge >= 0.3 is 0 Å². The van der Waals surface area contributed by atoms with Gasteiger partial charge in [-0.3, -0.25) is 0 Å². The van der Waals surface area contributed by atoms with Crippen LogP contribution in [0, 0.1) is 11.3 Å². The van der Waals surface area contributed by atoms with Gasteiger partial charge in [0.15, 0.2) is 0 Å². The molecule has 16 heavy (non-hydrogen) atoms. The lowest BCUT2D eigenvalue weighted by Crippen LogP contribution is -1.74. The zero-order valence-electron chi connectivity index (χ0n) is 9.09. The van der Waals surface area contributed by atoms with Crippen LogP contribution in [0.2, 0.25) is 0 Å². The Morgan fingerprint density at radius 1 is 0.875 bits per heavy atom. The maximum absolute atomic E-state index is 9.10. The number of hydrogen-bond donors (Lipinski definition) is 1. The third kappa shape index (κ3) is 3.47. The molecule has 80 valence electrons. The van der Waals surface area contributed by atoms with Gasteiger partial charge in [-0.25, -0.2) is 0 Å². The van der Waals surface area contributed by atoms with Gasteiger partial charge in [-0.2, -0.15) is 5.26 Å². The lowest BCUT2D eigenvalue weighted by molar-refractivity contribution is 0.475. The van der Waals surface area contributed by atoms with E-state index < -0.39 is 0 Å². The van der Waals surface area contributed by atoms with Crippen LogP contribution < -0.4 is 0 Å². The average Bonchev–Trinajstić information content (AvgIpc) is 2.32. The van der Waals surface area contributed by atoms with Gasteiger partial charge in [0.25, 0.3) is 0 Å². The second-order valence-corrected chi connectivity index (χ2v) is 3.14. The van der Waals surface area contributed by atoms with E-state index in [1.807, 2.05) is 42.5 Å². The van der Waals surface area contributed by atoms with E-state index in [2.05, 4.69) is 0 Å². The van der Waals surface area contributed by atoms with Crippen molar-refractivity contribution in [2.45, 2.75) is 6.92 Å². The molecule has 0 heterocycles. The molecule has 2 aromatic rings. The van der Waals surface area contributed by atoms with Gasteiger partial charge < -0.3 is 5.11 Å². The van der Waals surface area contributed by atoms with Crippen molar-refractivity contribution < 1.29 is 5.11 Å². The topological polar surface area (TPSA) is 44.0 Å². The van der Waals surface area contributed by atoms with Crippen LogP contribution >= 0.6 is 0 Å². The molecule has 0 saturated heterocycles. The Bertz CT molecular complexity index is 454. The van der Waals surface area contributed by atoms with Crippen LogP contribution in [0.4, 0.5) is 0 Å². The molecule has 0 bridgehead atoms. The van der Waals surface area contributed by atoms with Crippen molar-refractivity contribution in [3.05, 3.63) is 54.6 Å². The number of phenols is 1. The highest BCUT2D eigenvalue weighted by Crippen LogP contribution is 2.20. The van der Waals surface area contributed by atoms with E-state index in [1.165, 1.54) is 12.5 Å². The monoisotopic (exact) mass is 211 g/mol. The van der Waals surface area contributed by atoms with Crippen molar-refractivity contribution in [3.63, 3.8) is 0 Å². The summed E-state index contributed by atoms with van der Waals surface area (Å²) in [5, 5.41) is 16.4. The SMILES string of the molecule is CC#N.Oc1ccc(-c2ccccc2)cc1. The minimum atomic E-state index is 0.305. The van der Waals surface area contributed by atoms with Crippen molar-refractivity contribution in [3.8, 4) is 22.9 Å². The standard InChI is InChI=1S/C12H10O.C2H3N/c13-12-8-6-11(7-9-12)10-4-2-1-3-5-10;1-2-3/h1-9,13H;1H3. The molecule has 0 fully saturated rings. The molecule has 2 rings (SSSR count). The molecule has 0 aliphatic heterocycles. The summed E-state index contributed by atoms with van der Waals surface area (Å²) in [5.74, 6) is 0.305. The zero-order chi connectivity index (χ0) is 11.8. The van der Waals surface area contributed by atoms with Crippen molar-refractivity contribution in [2.24, 2.45) is 0 Å². The number of nitriles is 1. The van der Waals surface area contributed by atoms with E-state index in [9.17, 15) is 0 Å². The molecule has 0 atom stereocenters. The van der Waals surface area contributed by atoms with Gasteiger partial charge in [0.2, 0.25) is 0 Å². The Hall–Kier alpha value is -2.27. The highest BCUT2D eigenvalue weighted by atomic mass is 16.3. The van der Waals surface area contributed by atoms with Crippen LogP contribution in [0.5, 0.6) is 5.75 Å². The first-order chi connectivity index (χ1) is 7.77. The van der Waals surface area contributed by atoms with Gasteiger partial charge in [0, 0.05) is 6.92 Å². The Kier molecular flexibility index (Phi) is 4.62. The highest BCUT2D eigenvalue weighted by molar-refractivity contribution is 5.63. The molecule has 0 aliphatic rings. The largest absolute Gasteiger partial charge is 0.508 e. The number of nitrogens with zero attached hydrogens (tertiary/aromatic N) is 1. The summed E-state index contributed by atoms with van der Waals surface area (Å²) in [6.45, 7) is 1.43. The molecule has 0 spiro atoms. The highest BCUT2D eigenvalue weighted by Gasteiger charge is 1.94. The second kappa shape index (κ2) is 6.26. The van der Waals surface area contributed by atoms with Crippen molar-refractivity contribution in [1.82, 2.24) is 0 Å². The molecular formula is C14H13NO. The predicted octanol–water partition coefficient (Wildman–Crippen LogP) is 3.59. The Morgan fingerprint density at radius 2 is 1.31 bits per heavy atom. The lowest BCUT2D eigenvalue weighted by Gasteiger charge is -2.00. The normalized spacial score (nSPS) is 8.50. The number of rotatable bonds is 1. The van der Waals surface area contributed by atoms with Crippen molar-refractivity contribution >= 4 is 0 Å². The van der Waals surface area contributed by atoms with Gasteiger partial charge in [-0.15, -0.1) is 0 Å². The van der Waals surface area contributed by atoms with Crippen LogP contribution in [-0.2, 0) is 0 Å². The number of hydrogen-bond acceptors (Lipinski definition) is 2. The quantitative estimate of drug-likeness (QED) is 0.783. The summed E-state index contributed by atoms with van der Waals surface area (Å²) >= 11 is 0. The van der Waals surface area contributed by atoms with Crippen LogP contribution in [0.15, 0.2) is 54.6 Å². The fraction of sp³-hybridized carbons (Fsp3) is 0.0714. The van der Waals surface area contributed by atoms with Crippen LogP contribution in [0.3, 0.4) is 0 Å². The van der Waals surface area contributed by atoms with E-state index in [-0.39, 0.29) is 0 Å². The molecule has 0 saturated carbocycles. The van der Waals surface area contributed by atoms with Gasteiger partial charge in [0.05, 0.1) is 6.07 Å². The summed E-state index contributed by atoms with van der Waals surface area (Å²) in [4.78, 5) is 0. The molecule has 0 aliphatic carbocycles. The Morgan fingerprint density at radius 3 is 1.81 bits per heavy atom. The number of phenolic OH excluding ortho intramolecular Hbond substituents is 1. The van der Waals surface area contributed by atoms with Gasteiger partial charge in [-0.1, -0.05) is 42.5 Å². The van der Waals surface area contributed by atoms with E-state index in [0.29, 0.717) is 5.75 Å². The van der Waals surface area contributed by atoms with E-state index in [0.717, 1.165) is 5.56 Å². The van der Waals surface area contributed by atoms with Crippen LogP contribution in [0.25, 0.3) is 11.1 Å². The molecule has 0 aromatic heterocycles. The smallest absolute Gasteiger partial charge is 0.115 e. The van der Waals surface area contributed by atoms with E-state index in [1.54, 1.807) is 18.2 Å². The average molecular weight is 211 g/mol. The minimum Gasteiger partial charge on any atom is -0.508 e. The van der Waals surface area contributed by atoms with Crippen LogP contribution in [-0.4, -0.2) is 5.11 Å². The number of benzene rings is 2. The maximum Gasteiger partial charge on any atom is 0.115 e. The first kappa shape index (κ1) is 11.8. The second-order valence-electron chi connectivity index (χ2n) is 3.14. The van der Waals surface area contributed by atoms with E-state index in [4.69, 9.17) is 10.4 Å². The summed E-state index contributed by atoms with van der Waals surface area (Å²) in [5.41, 5.74) is 2.29. The molecule has 1 N–H and O–H groups in total. The summed E-state index contributed by atoms with van der Waals surface area (Å²) in [6, 6.07) is 19.0. The molecule has 2 aromatic carbocycles. The fourth-order valence-corrected chi connectivity index (χ4v) is 1.28. The lowest BCUT2D eigenvalue weighted by atomic mass is 10.1. The first-order valence-corrected chi connectivity index (χ1v) is 4.93. The minimum absolute atomic E-state index is 0.305. The molecule has 0 amide bonds. The zero-order valence-corrected chi connectivity index (χ0v) is 9.09. The Labute approximate surface area is 95.4 Å². The first-order valence-electron chi connectivity index (χ1n) is 4.93. The van der Waals surface area contributed by atoms with Gasteiger partial charge in [-0.05, 0) is 23.3 Å². The third-order valence-corrected chi connectivity index (χ3v) is 1.97. The maximum atomic E-state index is 9.10. The van der Waals surface area contributed by atoms with Crippen molar-refractivity contribution in [1.29, 1.82) is 5.26 Å². The number of aromatic hydroxyl groups is 1. The fourth-order valence-electron chi connectivity index (χ4n) is 1.28. The Balaban J connectivity index is 0.000000386. The third-order valence-electron chi connectivity index (χ3n) is 1.97. The molecule has 0 radical (unpaired) electrons.